The summed E-state index contributed by atoms with van der Waals surface area (Å²) in [6, 6.07) is 15.3. The molecule has 0 unspecified atom stereocenters. The zero-order valence-electron chi connectivity index (χ0n) is 13.9. The largest absolute Gasteiger partial charge is 0.330 e. The Morgan fingerprint density at radius 3 is 2.60 bits per heavy atom. The molecule has 2 aromatic carbocycles. The van der Waals surface area contributed by atoms with Crippen LogP contribution in [-0.4, -0.2) is 23.5 Å². The first kappa shape index (κ1) is 17.5. The Hall–Kier alpha value is -2.28. The third-order valence-corrected chi connectivity index (χ3v) is 5.08. The highest BCUT2D eigenvalue weighted by Crippen LogP contribution is 2.30. The number of fused-ring (bicyclic) bond motifs is 1. The van der Waals surface area contributed by atoms with Crippen LogP contribution < -0.4 is 16.8 Å². The number of nitrogens with two attached hydrogens (primary N) is 2. The number of rotatable bonds is 7. The number of benzene rings is 2. The van der Waals surface area contributed by atoms with E-state index in [4.69, 9.17) is 11.5 Å². The number of carbonyl (C=O) groups excluding carboxylic acids is 1. The number of unbranched alkanes of at least 4 members (excludes halogenated alkanes) is 1. The predicted octanol–water partition coefficient (Wildman–Crippen LogP) is 3.36. The Morgan fingerprint density at radius 1 is 1.12 bits per heavy atom. The lowest BCUT2D eigenvalue weighted by Crippen LogP contribution is -2.35. The molecule has 1 heterocycles. The molecule has 1 aromatic heterocycles. The van der Waals surface area contributed by atoms with Crippen LogP contribution in [0.25, 0.3) is 20.8 Å². The fraction of sp³-hybridized carbons (Fsp3) is 0.263. The van der Waals surface area contributed by atoms with Gasteiger partial charge in [0, 0.05) is 11.3 Å². The van der Waals surface area contributed by atoms with Gasteiger partial charge < -0.3 is 16.8 Å². The molecule has 3 aromatic rings. The highest BCUT2D eigenvalue weighted by molar-refractivity contribution is 7.21. The first-order valence-corrected chi connectivity index (χ1v) is 9.21. The minimum absolute atomic E-state index is 0.162. The van der Waals surface area contributed by atoms with E-state index in [-0.39, 0.29) is 5.91 Å². The number of hydrogen-bond donors (Lipinski definition) is 3. The monoisotopic (exact) mass is 354 g/mol. The van der Waals surface area contributed by atoms with Gasteiger partial charge in [0.1, 0.15) is 5.01 Å². The standard InChI is InChI=1S/C19H22N4OS/c20-12-4-3-5-15(21)18(24)22-14-10-8-13(9-11-14)19-23-16-6-1-2-7-17(16)25-19/h1-2,6-11,15H,3-5,12,20-21H2,(H,22,24)/t15-/m0/s1. The zero-order chi connectivity index (χ0) is 17.6. The third kappa shape index (κ3) is 4.42. The summed E-state index contributed by atoms with van der Waals surface area (Å²) >= 11 is 1.66. The molecule has 0 aliphatic rings. The van der Waals surface area contributed by atoms with Crippen LogP contribution in [0.2, 0.25) is 0 Å². The number of aromatic nitrogens is 1. The lowest BCUT2D eigenvalue weighted by Gasteiger charge is -2.12. The highest BCUT2D eigenvalue weighted by Gasteiger charge is 2.13. The quantitative estimate of drug-likeness (QED) is 0.567. The summed E-state index contributed by atoms with van der Waals surface area (Å²) in [5.74, 6) is -0.162. The fourth-order valence-corrected chi connectivity index (χ4v) is 3.54. The fourth-order valence-electron chi connectivity index (χ4n) is 2.57. The van der Waals surface area contributed by atoms with Gasteiger partial charge in [0.15, 0.2) is 0 Å². The van der Waals surface area contributed by atoms with Gasteiger partial charge >= 0.3 is 0 Å². The molecule has 3 rings (SSSR count). The molecule has 0 aliphatic heterocycles. The number of carbonyl (C=O) groups is 1. The van der Waals surface area contributed by atoms with Crippen LogP contribution in [0.5, 0.6) is 0 Å². The number of hydrogen-bond acceptors (Lipinski definition) is 5. The molecule has 5 N–H and O–H groups in total. The average Bonchev–Trinajstić information content (AvgIpc) is 3.06. The van der Waals surface area contributed by atoms with Crippen LogP contribution in [0.3, 0.4) is 0 Å². The van der Waals surface area contributed by atoms with Gasteiger partial charge in [-0.15, -0.1) is 11.3 Å². The number of nitrogens with zero attached hydrogens (tertiary/aromatic N) is 1. The summed E-state index contributed by atoms with van der Waals surface area (Å²) in [5, 5.41) is 3.83. The van der Waals surface area contributed by atoms with Gasteiger partial charge in [-0.05, 0) is 55.8 Å². The summed E-state index contributed by atoms with van der Waals surface area (Å²) in [5.41, 5.74) is 14.1. The summed E-state index contributed by atoms with van der Waals surface area (Å²) < 4.78 is 1.17. The molecule has 0 saturated carbocycles. The second-order valence-corrected chi connectivity index (χ2v) is 6.97. The Labute approximate surface area is 151 Å². The van der Waals surface area contributed by atoms with E-state index in [1.807, 2.05) is 42.5 Å². The van der Waals surface area contributed by atoms with Crippen LogP contribution in [0.15, 0.2) is 48.5 Å². The Morgan fingerprint density at radius 2 is 1.88 bits per heavy atom. The maximum atomic E-state index is 12.1. The normalized spacial score (nSPS) is 12.2. The molecule has 0 bridgehead atoms. The first-order valence-electron chi connectivity index (χ1n) is 8.40. The summed E-state index contributed by atoms with van der Waals surface area (Å²) in [6.45, 7) is 0.627. The molecule has 1 atom stereocenters. The van der Waals surface area contributed by atoms with Crippen LogP contribution in [0.1, 0.15) is 19.3 Å². The summed E-state index contributed by atoms with van der Waals surface area (Å²) in [7, 11) is 0. The molecule has 0 saturated heterocycles. The SMILES string of the molecule is NCCCC[C@H](N)C(=O)Nc1ccc(-c2nc3ccccc3s2)cc1. The van der Waals surface area contributed by atoms with Crippen molar-refractivity contribution in [1.29, 1.82) is 0 Å². The van der Waals surface area contributed by atoms with Gasteiger partial charge in [-0.25, -0.2) is 4.98 Å². The van der Waals surface area contributed by atoms with Crippen molar-refractivity contribution in [2.45, 2.75) is 25.3 Å². The van der Waals surface area contributed by atoms with E-state index in [2.05, 4.69) is 16.4 Å². The van der Waals surface area contributed by atoms with Crippen molar-refractivity contribution in [2.24, 2.45) is 11.5 Å². The van der Waals surface area contributed by atoms with E-state index in [0.717, 1.165) is 34.6 Å². The Kier molecular flexibility index (Phi) is 5.75. The van der Waals surface area contributed by atoms with Crippen molar-refractivity contribution in [3.63, 3.8) is 0 Å². The molecule has 5 nitrogen and oxygen atoms in total. The molecule has 0 radical (unpaired) electrons. The lowest BCUT2D eigenvalue weighted by atomic mass is 10.1. The summed E-state index contributed by atoms with van der Waals surface area (Å²) in [4.78, 5) is 16.7. The minimum atomic E-state index is -0.504. The first-order chi connectivity index (χ1) is 12.2. The van der Waals surface area contributed by atoms with E-state index < -0.39 is 6.04 Å². The van der Waals surface area contributed by atoms with Gasteiger partial charge in [0.25, 0.3) is 0 Å². The second kappa shape index (κ2) is 8.20. The van der Waals surface area contributed by atoms with Gasteiger partial charge in [0.2, 0.25) is 5.91 Å². The predicted molar refractivity (Wildman–Crippen MR) is 105 cm³/mol. The maximum Gasteiger partial charge on any atom is 0.241 e. The average molecular weight is 354 g/mol. The smallest absolute Gasteiger partial charge is 0.241 e. The van der Waals surface area contributed by atoms with Crippen LogP contribution in [-0.2, 0) is 4.79 Å². The Balaban J connectivity index is 1.64. The van der Waals surface area contributed by atoms with E-state index in [1.165, 1.54) is 4.70 Å². The summed E-state index contributed by atoms with van der Waals surface area (Å²) in [6.07, 6.45) is 2.40. The molecule has 6 heteroatoms. The van der Waals surface area contributed by atoms with Crippen molar-refractivity contribution >= 4 is 33.1 Å². The molecule has 0 aliphatic carbocycles. The van der Waals surface area contributed by atoms with Gasteiger partial charge in [-0.1, -0.05) is 18.6 Å². The molecular weight excluding hydrogens is 332 g/mol. The third-order valence-electron chi connectivity index (χ3n) is 4.00. The minimum Gasteiger partial charge on any atom is -0.330 e. The molecular formula is C19H22N4OS. The molecule has 130 valence electrons. The molecule has 25 heavy (non-hydrogen) atoms. The molecule has 0 fully saturated rings. The van der Waals surface area contributed by atoms with Crippen LogP contribution >= 0.6 is 11.3 Å². The van der Waals surface area contributed by atoms with Crippen molar-refractivity contribution < 1.29 is 4.79 Å². The molecule has 0 spiro atoms. The Bertz CT molecular complexity index is 811. The van der Waals surface area contributed by atoms with Gasteiger partial charge in [-0.2, -0.15) is 0 Å². The number of thiazole rings is 1. The van der Waals surface area contributed by atoms with Crippen LogP contribution in [0, 0.1) is 0 Å². The van der Waals surface area contributed by atoms with E-state index in [9.17, 15) is 4.79 Å². The lowest BCUT2D eigenvalue weighted by molar-refractivity contribution is -0.117. The number of amides is 1. The van der Waals surface area contributed by atoms with Crippen LogP contribution in [0.4, 0.5) is 5.69 Å². The van der Waals surface area contributed by atoms with Crippen molar-refractivity contribution in [3.8, 4) is 10.6 Å². The maximum absolute atomic E-state index is 12.1. The van der Waals surface area contributed by atoms with E-state index >= 15 is 0 Å². The zero-order valence-corrected chi connectivity index (χ0v) is 14.8. The topological polar surface area (TPSA) is 94.0 Å². The van der Waals surface area contributed by atoms with Gasteiger partial charge in [-0.3, -0.25) is 4.79 Å². The second-order valence-electron chi connectivity index (χ2n) is 5.94. The molecule has 1 amide bonds. The van der Waals surface area contributed by atoms with Crippen molar-refractivity contribution in [2.75, 3.05) is 11.9 Å². The van der Waals surface area contributed by atoms with Gasteiger partial charge in [0.05, 0.1) is 16.3 Å². The van der Waals surface area contributed by atoms with E-state index in [1.54, 1.807) is 11.3 Å². The highest BCUT2D eigenvalue weighted by atomic mass is 32.1. The number of anilines is 1. The van der Waals surface area contributed by atoms with Crippen molar-refractivity contribution in [1.82, 2.24) is 4.98 Å². The van der Waals surface area contributed by atoms with Crippen molar-refractivity contribution in [3.05, 3.63) is 48.5 Å². The number of nitrogens with one attached hydrogen (secondary N) is 1. The van der Waals surface area contributed by atoms with E-state index in [0.29, 0.717) is 13.0 Å². The number of para-hydroxylation sites is 1.